The van der Waals surface area contributed by atoms with E-state index in [0.29, 0.717) is 37.6 Å². The standard InChI is InChI=1S/C16H20O3/c1-2-19-16(18)10-5-12-3-6-13(7-4-12)14-8-9-15(17)11-14/h3-4,6-7,14H,2,5,8-11H2,1H3/t14-/m0/s1. The number of ether oxygens (including phenoxy) is 1. The van der Waals surface area contributed by atoms with Gasteiger partial charge in [0, 0.05) is 19.3 Å². The van der Waals surface area contributed by atoms with Crippen molar-refractivity contribution in [2.24, 2.45) is 0 Å². The largest absolute Gasteiger partial charge is 0.466 e. The number of rotatable bonds is 5. The molecule has 0 bridgehead atoms. The highest BCUT2D eigenvalue weighted by molar-refractivity contribution is 5.81. The molecule has 0 aliphatic heterocycles. The average molecular weight is 260 g/mol. The second-order valence-electron chi connectivity index (χ2n) is 5.03. The number of hydrogen-bond acceptors (Lipinski definition) is 3. The number of carbonyl (C=O) groups is 2. The van der Waals surface area contributed by atoms with Crippen molar-refractivity contribution in [1.82, 2.24) is 0 Å². The van der Waals surface area contributed by atoms with E-state index in [2.05, 4.69) is 24.3 Å². The molecular weight excluding hydrogens is 240 g/mol. The van der Waals surface area contributed by atoms with E-state index in [9.17, 15) is 9.59 Å². The third-order valence-corrected chi connectivity index (χ3v) is 3.62. The van der Waals surface area contributed by atoms with Crippen LogP contribution in [0.5, 0.6) is 0 Å². The van der Waals surface area contributed by atoms with Crippen LogP contribution in [0.3, 0.4) is 0 Å². The molecule has 0 N–H and O–H groups in total. The van der Waals surface area contributed by atoms with Crippen molar-refractivity contribution in [2.75, 3.05) is 6.61 Å². The van der Waals surface area contributed by atoms with Gasteiger partial charge >= 0.3 is 5.97 Å². The summed E-state index contributed by atoms with van der Waals surface area (Å²) in [5, 5.41) is 0. The molecule has 0 unspecified atom stereocenters. The molecule has 3 heteroatoms. The number of carbonyl (C=O) groups excluding carboxylic acids is 2. The first kappa shape index (κ1) is 13.8. The maximum atomic E-state index is 11.3. The van der Waals surface area contributed by atoms with E-state index in [1.807, 2.05) is 6.92 Å². The Bertz CT molecular complexity index is 448. The molecule has 1 aromatic rings. The molecule has 0 aromatic heterocycles. The maximum absolute atomic E-state index is 11.3. The predicted molar refractivity (Wildman–Crippen MR) is 73.0 cm³/mol. The SMILES string of the molecule is CCOC(=O)CCc1ccc([C@H]2CCC(=O)C2)cc1. The number of ketones is 1. The van der Waals surface area contributed by atoms with Crippen molar-refractivity contribution in [1.29, 1.82) is 0 Å². The molecule has 0 radical (unpaired) electrons. The number of Topliss-reactive ketones (excluding diaryl/α,β-unsaturated/α-hetero) is 1. The molecule has 0 amide bonds. The van der Waals surface area contributed by atoms with Gasteiger partial charge in [-0.1, -0.05) is 24.3 Å². The Kier molecular flexibility index (Phi) is 4.72. The summed E-state index contributed by atoms with van der Waals surface area (Å²) in [7, 11) is 0. The Morgan fingerprint density at radius 2 is 2.05 bits per heavy atom. The summed E-state index contributed by atoms with van der Waals surface area (Å²) in [6, 6.07) is 8.28. The summed E-state index contributed by atoms with van der Waals surface area (Å²) < 4.78 is 4.90. The van der Waals surface area contributed by atoms with Gasteiger partial charge in [0.2, 0.25) is 0 Å². The van der Waals surface area contributed by atoms with Crippen molar-refractivity contribution in [3.05, 3.63) is 35.4 Å². The second kappa shape index (κ2) is 6.50. The van der Waals surface area contributed by atoms with Crippen LogP contribution in [0.25, 0.3) is 0 Å². The molecule has 19 heavy (non-hydrogen) atoms. The summed E-state index contributed by atoms with van der Waals surface area (Å²) >= 11 is 0. The van der Waals surface area contributed by atoms with Crippen LogP contribution >= 0.6 is 0 Å². The zero-order chi connectivity index (χ0) is 13.7. The number of aryl methyl sites for hydroxylation is 1. The van der Waals surface area contributed by atoms with Crippen LogP contribution in [-0.2, 0) is 20.7 Å². The quantitative estimate of drug-likeness (QED) is 0.764. The van der Waals surface area contributed by atoms with E-state index in [4.69, 9.17) is 4.74 Å². The normalized spacial score (nSPS) is 18.6. The highest BCUT2D eigenvalue weighted by Crippen LogP contribution is 2.32. The lowest BCUT2D eigenvalue weighted by Gasteiger charge is -2.09. The number of benzene rings is 1. The zero-order valence-corrected chi connectivity index (χ0v) is 11.4. The van der Waals surface area contributed by atoms with E-state index < -0.39 is 0 Å². The van der Waals surface area contributed by atoms with Gasteiger partial charge in [-0.25, -0.2) is 0 Å². The van der Waals surface area contributed by atoms with Crippen molar-refractivity contribution >= 4 is 11.8 Å². The van der Waals surface area contributed by atoms with Crippen LogP contribution in [0.2, 0.25) is 0 Å². The van der Waals surface area contributed by atoms with Crippen molar-refractivity contribution in [3.63, 3.8) is 0 Å². The molecule has 0 saturated heterocycles. The van der Waals surface area contributed by atoms with Crippen LogP contribution in [0.4, 0.5) is 0 Å². The highest BCUT2D eigenvalue weighted by atomic mass is 16.5. The van der Waals surface area contributed by atoms with E-state index in [-0.39, 0.29) is 5.97 Å². The topological polar surface area (TPSA) is 43.4 Å². The molecule has 1 aliphatic carbocycles. The molecular formula is C16H20O3. The summed E-state index contributed by atoms with van der Waals surface area (Å²) in [6.07, 6.45) is 3.51. The lowest BCUT2D eigenvalue weighted by Crippen LogP contribution is -2.05. The first-order valence-electron chi connectivity index (χ1n) is 6.95. The molecule has 2 rings (SSSR count). The lowest BCUT2D eigenvalue weighted by atomic mass is 9.96. The van der Waals surface area contributed by atoms with Crippen LogP contribution in [-0.4, -0.2) is 18.4 Å². The van der Waals surface area contributed by atoms with Gasteiger partial charge in [-0.3, -0.25) is 9.59 Å². The van der Waals surface area contributed by atoms with Gasteiger partial charge in [0.1, 0.15) is 5.78 Å². The monoisotopic (exact) mass is 260 g/mol. The minimum atomic E-state index is -0.145. The molecule has 102 valence electrons. The van der Waals surface area contributed by atoms with Gasteiger partial charge in [0.05, 0.1) is 6.61 Å². The molecule has 0 heterocycles. The minimum absolute atomic E-state index is 0.145. The molecule has 1 aromatic carbocycles. The van der Waals surface area contributed by atoms with Gasteiger partial charge in [-0.15, -0.1) is 0 Å². The zero-order valence-electron chi connectivity index (χ0n) is 11.4. The van der Waals surface area contributed by atoms with Gasteiger partial charge in [-0.2, -0.15) is 0 Å². The number of esters is 1. The Labute approximate surface area is 114 Å². The number of hydrogen-bond donors (Lipinski definition) is 0. The summed E-state index contributed by atoms with van der Waals surface area (Å²) in [5.41, 5.74) is 2.38. The summed E-state index contributed by atoms with van der Waals surface area (Å²) in [5.74, 6) is 0.621. The van der Waals surface area contributed by atoms with Gasteiger partial charge in [0.15, 0.2) is 0 Å². The smallest absolute Gasteiger partial charge is 0.306 e. The lowest BCUT2D eigenvalue weighted by molar-refractivity contribution is -0.143. The summed E-state index contributed by atoms with van der Waals surface area (Å²) in [4.78, 5) is 22.6. The van der Waals surface area contributed by atoms with Crippen LogP contribution in [0.1, 0.15) is 49.7 Å². The first-order chi connectivity index (χ1) is 9.19. The highest BCUT2D eigenvalue weighted by Gasteiger charge is 2.23. The van der Waals surface area contributed by atoms with Gasteiger partial charge in [0.25, 0.3) is 0 Å². The van der Waals surface area contributed by atoms with Crippen LogP contribution in [0.15, 0.2) is 24.3 Å². The van der Waals surface area contributed by atoms with E-state index in [1.165, 1.54) is 5.56 Å². The molecule has 1 saturated carbocycles. The van der Waals surface area contributed by atoms with E-state index in [1.54, 1.807) is 0 Å². The van der Waals surface area contributed by atoms with Crippen molar-refractivity contribution < 1.29 is 14.3 Å². The van der Waals surface area contributed by atoms with Crippen molar-refractivity contribution in [3.8, 4) is 0 Å². The fourth-order valence-corrected chi connectivity index (χ4v) is 2.53. The fourth-order valence-electron chi connectivity index (χ4n) is 2.53. The molecule has 3 nitrogen and oxygen atoms in total. The Morgan fingerprint density at radius 3 is 2.63 bits per heavy atom. The second-order valence-corrected chi connectivity index (χ2v) is 5.03. The third-order valence-electron chi connectivity index (χ3n) is 3.62. The molecule has 1 aliphatic rings. The molecule has 0 spiro atoms. The Morgan fingerprint density at radius 1 is 1.32 bits per heavy atom. The molecule has 1 fully saturated rings. The summed E-state index contributed by atoms with van der Waals surface area (Å²) in [6.45, 7) is 2.25. The van der Waals surface area contributed by atoms with Crippen LogP contribution in [0, 0.1) is 0 Å². The third kappa shape index (κ3) is 3.91. The average Bonchev–Trinajstić information content (AvgIpc) is 2.84. The van der Waals surface area contributed by atoms with Crippen molar-refractivity contribution in [2.45, 2.75) is 44.9 Å². The Balaban J connectivity index is 1.88. The van der Waals surface area contributed by atoms with Crippen LogP contribution < -0.4 is 0 Å². The predicted octanol–water partition coefficient (Wildman–Crippen LogP) is 3.02. The van der Waals surface area contributed by atoms with E-state index in [0.717, 1.165) is 18.4 Å². The van der Waals surface area contributed by atoms with E-state index >= 15 is 0 Å². The van der Waals surface area contributed by atoms with Gasteiger partial charge in [-0.05, 0) is 36.8 Å². The molecule has 1 atom stereocenters. The maximum Gasteiger partial charge on any atom is 0.306 e. The Hall–Kier alpha value is -1.64. The fraction of sp³-hybridized carbons (Fsp3) is 0.500. The van der Waals surface area contributed by atoms with Gasteiger partial charge < -0.3 is 4.74 Å². The first-order valence-corrected chi connectivity index (χ1v) is 6.95. The minimum Gasteiger partial charge on any atom is -0.466 e.